The van der Waals surface area contributed by atoms with Gasteiger partial charge in [0, 0.05) is 11.8 Å². The molecule has 3 aromatic rings. The number of hydrogen-bond acceptors (Lipinski definition) is 6. The summed E-state index contributed by atoms with van der Waals surface area (Å²) in [6, 6.07) is 13.9. The van der Waals surface area contributed by atoms with Crippen molar-refractivity contribution in [1.82, 2.24) is 5.16 Å². The summed E-state index contributed by atoms with van der Waals surface area (Å²) in [7, 11) is -3.82. The molecule has 8 nitrogen and oxygen atoms in total. The first-order chi connectivity index (χ1) is 16.3. The summed E-state index contributed by atoms with van der Waals surface area (Å²) in [5.74, 6) is 1.31. The number of hydrogen-bond donors (Lipinski definition) is 3. The van der Waals surface area contributed by atoms with Crippen LogP contribution in [-0.2, 0) is 10.0 Å². The number of nitrogens with one attached hydrogen (secondary N) is 2. The number of rotatable bonds is 5. The van der Waals surface area contributed by atoms with Crippen molar-refractivity contribution in [2.45, 2.75) is 43.0 Å². The highest BCUT2D eigenvalue weighted by Gasteiger charge is 2.54. The summed E-state index contributed by atoms with van der Waals surface area (Å²) in [6.45, 7) is 1.70. The molecule has 0 saturated heterocycles. The number of fused-ring (bicyclic) bond motifs is 7. The van der Waals surface area contributed by atoms with Crippen LogP contribution in [0.1, 0.15) is 58.5 Å². The van der Waals surface area contributed by atoms with E-state index in [1.165, 1.54) is 0 Å². The van der Waals surface area contributed by atoms with Gasteiger partial charge in [-0.15, -0.1) is 0 Å². The maximum Gasteiger partial charge on any atom is 0.335 e. The van der Waals surface area contributed by atoms with Crippen LogP contribution in [0.5, 0.6) is 0 Å². The second-order valence-electron chi connectivity index (χ2n) is 9.67. The molecular weight excluding hydrogens is 454 g/mol. The van der Waals surface area contributed by atoms with Crippen LogP contribution in [0.3, 0.4) is 0 Å². The molecule has 2 fully saturated rings. The normalized spacial score (nSPS) is 27.0. The largest absolute Gasteiger partial charge is 0.478 e. The molecule has 2 bridgehead atoms. The van der Waals surface area contributed by atoms with Crippen molar-refractivity contribution in [1.29, 1.82) is 0 Å². The van der Waals surface area contributed by atoms with Gasteiger partial charge in [-0.25, -0.2) is 13.2 Å². The maximum atomic E-state index is 13.1. The maximum absolute atomic E-state index is 13.1. The van der Waals surface area contributed by atoms with Crippen LogP contribution < -0.4 is 10.0 Å². The lowest BCUT2D eigenvalue weighted by molar-refractivity contribution is 0.0696. The van der Waals surface area contributed by atoms with Crippen molar-refractivity contribution in [2.75, 3.05) is 10.0 Å². The molecular formula is C25H25N3O5S. The molecule has 3 N–H and O–H groups in total. The molecule has 34 heavy (non-hydrogen) atoms. The first-order valence-corrected chi connectivity index (χ1v) is 13.0. The van der Waals surface area contributed by atoms with E-state index in [-0.39, 0.29) is 28.2 Å². The summed E-state index contributed by atoms with van der Waals surface area (Å²) in [5.41, 5.74) is 3.19. The predicted molar refractivity (Wildman–Crippen MR) is 125 cm³/mol. The van der Waals surface area contributed by atoms with Crippen LogP contribution in [0.4, 0.5) is 11.5 Å². The van der Waals surface area contributed by atoms with Crippen molar-refractivity contribution < 1.29 is 22.8 Å². The van der Waals surface area contributed by atoms with Crippen LogP contribution >= 0.6 is 0 Å². The number of carbonyl (C=O) groups is 1. The number of aromatic carboxylic acids is 1. The second kappa shape index (κ2) is 7.59. The average Bonchev–Trinajstić information content (AvgIpc) is 3.55. The Labute approximate surface area is 197 Å². The smallest absolute Gasteiger partial charge is 0.335 e. The number of aryl methyl sites for hydroxylation is 1. The van der Waals surface area contributed by atoms with Crippen LogP contribution in [0.2, 0.25) is 0 Å². The SMILES string of the molecule is Cc1cc(NS(=O)(=O)c2ccc3c(c2)[C@@H]2[C@@H]4CC[C@@H](C4)[C@@H]2[C@H](c2cccc(C(=O)O)c2)N3)no1. The molecule has 2 aromatic carbocycles. The molecule has 5 atom stereocenters. The van der Waals surface area contributed by atoms with E-state index in [0.29, 0.717) is 23.5 Å². The summed E-state index contributed by atoms with van der Waals surface area (Å²) in [6.07, 6.45) is 3.42. The van der Waals surface area contributed by atoms with Crippen molar-refractivity contribution >= 4 is 27.5 Å². The number of sulfonamides is 1. The van der Waals surface area contributed by atoms with Gasteiger partial charge < -0.3 is 14.9 Å². The fraction of sp³-hybridized carbons (Fsp3) is 0.360. The van der Waals surface area contributed by atoms with Crippen LogP contribution in [0.15, 0.2) is 57.9 Å². The number of benzene rings is 2. The molecule has 1 aliphatic heterocycles. The summed E-state index contributed by atoms with van der Waals surface area (Å²) >= 11 is 0. The van der Waals surface area contributed by atoms with E-state index in [1.807, 2.05) is 12.1 Å². The van der Waals surface area contributed by atoms with Crippen molar-refractivity contribution in [3.63, 3.8) is 0 Å². The molecule has 0 unspecified atom stereocenters. The Morgan fingerprint density at radius 3 is 2.74 bits per heavy atom. The quantitative estimate of drug-likeness (QED) is 0.481. The van der Waals surface area contributed by atoms with Gasteiger partial charge in [0.25, 0.3) is 10.0 Å². The van der Waals surface area contributed by atoms with E-state index in [1.54, 1.807) is 43.3 Å². The average molecular weight is 480 g/mol. The zero-order valence-corrected chi connectivity index (χ0v) is 19.4. The van der Waals surface area contributed by atoms with Crippen LogP contribution in [0.25, 0.3) is 0 Å². The molecule has 2 heterocycles. The van der Waals surface area contributed by atoms with E-state index in [9.17, 15) is 18.3 Å². The fourth-order valence-electron chi connectivity index (χ4n) is 6.44. The van der Waals surface area contributed by atoms with Gasteiger partial charge in [-0.2, -0.15) is 0 Å². The van der Waals surface area contributed by atoms with E-state index >= 15 is 0 Å². The lowest BCUT2D eigenvalue weighted by Gasteiger charge is -2.43. The Morgan fingerprint density at radius 2 is 1.97 bits per heavy atom. The van der Waals surface area contributed by atoms with Gasteiger partial charge in [-0.05, 0) is 91.3 Å². The number of carboxylic acid groups (broad SMARTS) is 1. The molecule has 6 rings (SSSR count). The Bertz CT molecular complexity index is 1400. The fourth-order valence-corrected chi connectivity index (χ4v) is 7.46. The van der Waals surface area contributed by atoms with Crippen molar-refractivity contribution in [3.8, 4) is 0 Å². The van der Waals surface area contributed by atoms with E-state index in [0.717, 1.165) is 36.1 Å². The minimum absolute atomic E-state index is 0.00853. The zero-order chi connectivity index (χ0) is 23.6. The predicted octanol–water partition coefficient (Wildman–Crippen LogP) is 4.78. The van der Waals surface area contributed by atoms with Gasteiger partial charge in [0.05, 0.1) is 16.5 Å². The number of aromatic nitrogens is 1. The first kappa shape index (κ1) is 21.2. The standard InChI is InChI=1S/C25H25N3O5S/c1-13-9-21(27-33-13)28-34(31,32)18-7-8-20-19(12-18)22-14-5-6-15(10-14)23(22)24(26-20)16-3-2-4-17(11-16)25(29)30/h2-4,7-9,11-12,14-15,22-24,26H,5-6,10H2,1H3,(H,27,28)(H,29,30)/t14-,15+,22+,23+,24+/m1/s1. The highest BCUT2D eigenvalue weighted by atomic mass is 32.2. The molecule has 0 spiro atoms. The number of carboxylic acids is 1. The van der Waals surface area contributed by atoms with Crippen molar-refractivity contribution in [2.24, 2.45) is 17.8 Å². The molecule has 3 aliphatic rings. The molecule has 176 valence electrons. The van der Waals surface area contributed by atoms with E-state index < -0.39 is 16.0 Å². The summed E-state index contributed by atoms with van der Waals surface area (Å²) in [4.78, 5) is 11.8. The van der Waals surface area contributed by atoms with E-state index in [2.05, 4.69) is 15.2 Å². The van der Waals surface area contributed by atoms with Gasteiger partial charge in [-0.3, -0.25) is 4.72 Å². The van der Waals surface area contributed by atoms with Gasteiger partial charge in [-0.1, -0.05) is 17.3 Å². The Balaban J connectivity index is 1.39. The third-order valence-electron chi connectivity index (χ3n) is 7.73. The Morgan fingerprint density at radius 1 is 1.15 bits per heavy atom. The molecule has 2 aliphatic carbocycles. The Hall–Kier alpha value is -3.33. The third-order valence-corrected chi connectivity index (χ3v) is 9.08. The van der Waals surface area contributed by atoms with Gasteiger partial charge in [0.2, 0.25) is 0 Å². The van der Waals surface area contributed by atoms with Crippen molar-refractivity contribution in [3.05, 3.63) is 71.0 Å². The molecule has 9 heteroatoms. The molecule has 2 saturated carbocycles. The summed E-state index contributed by atoms with van der Waals surface area (Å²) in [5, 5.41) is 16.9. The lowest BCUT2D eigenvalue weighted by Crippen LogP contribution is -2.35. The molecule has 0 amide bonds. The lowest BCUT2D eigenvalue weighted by atomic mass is 9.68. The zero-order valence-electron chi connectivity index (χ0n) is 18.6. The first-order valence-electron chi connectivity index (χ1n) is 11.5. The molecule has 1 aromatic heterocycles. The topological polar surface area (TPSA) is 122 Å². The second-order valence-corrected chi connectivity index (χ2v) is 11.3. The number of nitrogens with zero attached hydrogens (tertiary/aromatic N) is 1. The molecule has 0 radical (unpaired) electrons. The van der Waals surface area contributed by atoms with Gasteiger partial charge >= 0.3 is 5.97 Å². The minimum atomic E-state index is -3.82. The highest BCUT2D eigenvalue weighted by molar-refractivity contribution is 7.92. The Kier molecular flexibility index (Phi) is 4.74. The summed E-state index contributed by atoms with van der Waals surface area (Å²) < 4.78 is 33.6. The number of anilines is 2. The third kappa shape index (κ3) is 3.37. The van der Waals surface area contributed by atoms with Gasteiger partial charge in [0.15, 0.2) is 5.82 Å². The van der Waals surface area contributed by atoms with E-state index in [4.69, 9.17) is 4.52 Å². The van der Waals surface area contributed by atoms with Gasteiger partial charge in [0.1, 0.15) is 5.76 Å². The van der Waals surface area contributed by atoms with Crippen LogP contribution in [-0.4, -0.2) is 24.7 Å². The highest BCUT2D eigenvalue weighted by Crippen LogP contribution is 2.63. The van der Waals surface area contributed by atoms with Crippen LogP contribution in [0, 0.1) is 24.7 Å². The minimum Gasteiger partial charge on any atom is -0.478 e. The monoisotopic (exact) mass is 479 g/mol.